The van der Waals surface area contributed by atoms with E-state index >= 15 is 0 Å². The van der Waals surface area contributed by atoms with Crippen LogP contribution in [0.25, 0.3) is 0 Å². The van der Waals surface area contributed by atoms with E-state index in [1.165, 1.54) is 16.8 Å². The van der Waals surface area contributed by atoms with Gasteiger partial charge in [-0.25, -0.2) is 4.39 Å². The largest absolute Gasteiger partial charge is 0.372 e. The third kappa shape index (κ3) is 3.60. The van der Waals surface area contributed by atoms with E-state index < -0.39 is 39.6 Å². The van der Waals surface area contributed by atoms with Gasteiger partial charge in [-0.3, -0.25) is 14.4 Å². The zero-order valence-electron chi connectivity index (χ0n) is 19.0. The fraction of sp³-hybridized carbons (Fsp3) is 0.458. The number of nitrogens with zero attached hydrogens (tertiary/aromatic N) is 2. The molecule has 0 bridgehead atoms. The van der Waals surface area contributed by atoms with Gasteiger partial charge in [0.15, 0.2) is 11.5 Å². The molecule has 0 radical (unpaired) electrons. The topological polar surface area (TPSA) is 107 Å². The molecule has 1 N–H and O–H groups in total. The summed E-state index contributed by atoms with van der Waals surface area (Å²) in [6.45, 7) is 7.79. The number of ketones is 1. The van der Waals surface area contributed by atoms with Crippen molar-refractivity contribution >= 4 is 17.4 Å². The van der Waals surface area contributed by atoms with Crippen LogP contribution in [0.5, 0.6) is 0 Å². The number of fused-ring (bicyclic) bond motifs is 1. The van der Waals surface area contributed by atoms with Crippen LogP contribution in [0.2, 0.25) is 0 Å². The number of ether oxygens (including phenoxy) is 1. The molecule has 174 valence electrons. The second-order valence-electron chi connectivity index (χ2n) is 9.63. The van der Waals surface area contributed by atoms with Gasteiger partial charge in [0.05, 0.1) is 24.2 Å². The van der Waals surface area contributed by atoms with E-state index in [2.05, 4.69) is 10.5 Å². The van der Waals surface area contributed by atoms with Crippen LogP contribution in [0, 0.1) is 29.0 Å². The predicted molar refractivity (Wildman–Crippen MR) is 119 cm³/mol. The summed E-state index contributed by atoms with van der Waals surface area (Å²) in [7, 11) is 0. The van der Waals surface area contributed by atoms with Crippen molar-refractivity contribution in [1.82, 2.24) is 9.88 Å². The van der Waals surface area contributed by atoms with Crippen molar-refractivity contribution in [3.8, 4) is 0 Å². The molecule has 2 aromatic rings. The lowest BCUT2D eigenvalue weighted by Crippen LogP contribution is -2.57. The Morgan fingerprint density at radius 1 is 1.33 bits per heavy atom. The van der Waals surface area contributed by atoms with Gasteiger partial charge in [0.25, 0.3) is 5.91 Å². The van der Waals surface area contributed by atoms with Gasteiger partial charge in [-0.1, -0.05) is 19.1 Å². The number of pyridine rings is 1. The maximum absolute atomic E-state index is 14.1. The van der Waals surface area contributed by atoms with Gasteiger partial charge in [0.1, 0.15) is 17.1 Å². The van der Waals surface area contributed by atoms with Gasteiger partial charge in [-0.15, -0.1) is 4.91 Å². The van der Waals surface area contributed by atoms with Gasteiger partial charge in [-0.2, -0.15) is 0 Å². The summed E-state index contributed by atoms with van der Waals surface area (Å²) in [6.07, 6.45) is 1.89. The SMILES string of the molecule is Cc1ccc(CNC(=O)c2cn3c(c(N=O)c2=O)C(=O)C(C)(C)C2(CC(C)CO2)C3)c(F)c1. The highest BCUT2D eigenvalue weighted by Gasteiger charge is 2.58. The van der Waals surface area contributed by atoms with Crippen molar-refractivity contribution in [2.45, 2.75) is 52.8 Å². The second-order valence-corrected chi connectivity index (χ2v) is 9.63. The van der Waals surface area contributed by atoms with Crippen LogP contribution < -0.4 is 10.7 Å². The first-order valence-corrected chi connectivity index (χ1v) is 10.8. The van der Waals surface area contributed by atoms with Crippen LogP contribution in [0.15, 0.2) is 34.4 Å². The molecular weight excluding hydrogens is 429 g/mol. The number of rotatable bonds is 4. The van der Waals surface area contributed by atoms with E-state index in [1.807, 2.05) is 6.92 Å². The molecule has 0 saturated carbocycles. The molecule has 2 aliphatic rings. The van der Waals surface area contributed by atoms with Crippen molar-refractivity contribution in [2.24, 2.45) is 16.5 Å². The van der Waals surface area contributed by atoms with Crippen LogP contribution in [0.3, 0.4) is 0 Å². The Bertz CT molecular complexity index is 1240. The molecule has 2 unspecified atom stereocenters. The zero-order chi connectivity index (χ0) is 24.1. The maximum atomic E-state index is 14.1. The van der Waals surface area contributed by atoms with Gasteiger partial charge in [0.2, 0.25) is 5.43 Å². The molecule has 1 saturated heterocycles. The Kier molecular flexibility index (Phi) is 5.56. The average Bonchev–Trinajstić information content (AvgIpc) is 3.14. The molecule has 0 aliphatic carbocycles. The molecule has 1 aromatic carbocycles. The minimum Gasteiger partial charge on any atom is -0.372 e. The normalized spacial score (nSPS) is 23.4. The Hall–Kier alpha value is -3.20. The minimum absolute atomic E-state index is 0.116. The smallest absolute Gasteiger partial charge is 0.257 e. The first-order valence-electron chi connectivity index (χ1n) is 10.8. The number of carbonyl (C=O) groups is 2. The summed E-state index contributed by atoms with van der Waals surface area (Å²) < 4.78 is 21.7. The molecule has 3 heterocycles. The molecule has 2 aliphatic heterocycles. The van der Waals surface area contributed by atoms with Crippen LogP contribution in [-0.4, -0.2) is 28.5 Å². The molecule has 8 nitrogen and oxygen atoms in total. The standard InChI is InChI=1S/C24H26FN3O5/c1-13-5-6-15(17(25)7-13)9-26-22(31)16-10-28-12-24(8-14(2)11-33-24)23(3,4)21(30)19(28)18(27-32)20(16)29/h5-7,10,14H,8-9,11-12H2,1-4H3,(H,26,31). The summed E-state index contributed by atoms with van der Waals surface area (Å²) >= 11 is 0. The molecule has 1 fully saturated rings. The summed E-state index contributed by atoms with van der Waals surface area (Å²) in [5, 5.41) is 5.35. The third-order valence-corrected chi connectivity index (χ3v) is 6.91. The number of nitrogens with one attached hydrogen (secondary N) is 1. The van der Waals surface area contributed by atoms with Crippen molar-refractivity contribution in [2.75, 3.05) is 6.61 Å². The number of Topliss-reactive ketones (excluding diaryl/α,β-unsaturated/α-hetero) is 1. The lowest BCUT2D eigenvalue weighted by molar-refractivity contribution is -0.0875. The van der Waals surface area contributed by atoms with Crippen LogP contribution in [0.1, 0.15) is 59.2 Å². The highest BCUT2D eigenvalue weighted by molar-refractivity contribution is 6.05. The van der Waals surface area contributed by atoms with Gasteiger partial charge >= 0.3 is 0 Å². The van der Waals surface area contributed by atoms with E-state index in [4.69, 9.17) is 4.74 Å². The summed E-state index contributed by atoms with van der Waals surface area (Å²) in [4.78, 5) is 50.8. The highest BCUT2D eigenvalue weighted by Crippen LogP contribution is 2.50. The molecule has 1 aromatic heterocycles. The highest BCUT2D eigenvalue weighted by atomic mass is 19.1. The number of hydrogen-bond acceptors (Lipinski definition) is 6. The zero-order valence-corrected chi connectivity index (χ0v) is 19.0. The number of aryl methyl sites for hydroxylation is 1. The van der Waals surface area contributed by atoms with Crippen LogP contribution >= 0.6 is 0 Å². The average molecular weight is 455 g/mol. The number of nitroso groups, excluding NO2 is 1. The van der Waals surface area contributed by atoms with E-state index in [1.54, 1.807) is 32.9 Å². The molecular formula is C24H26FN3O5. The van der Waals surface area contributed by atoms with Crippen molar-refractivity contribution < 1.29 is 18.7 Å². The number of benzene rings is 1. The Morgan fingerprint density at radius 3 is 2.67 bits per heavy atom. The molecule has 2 atom stereocenters. The predicted octanol–water partition coefficient (Wildman–Crippen LogP) is 3.64. The van der Waals surface area contributed by atoms with E-state index in [0.29, 0.717) is 13.0 Å². The summed E-state index contributed by atoms with van der Waals surface area (Å²) in [5.74, 6) is -1.46. The van der Waals surface area contributed by atoms with Crippen LogP contribution in [0.4, 0.5) is 10.1 Å². The quantitative estimate of drug-likeness (QED) is 0.709. The fourth-order valence-electron chi connectivity index (χ4n) is 4.83. The Labute approximate surface area is 190 Å². The number of halogens is 1. The second kappa shape index (κ2) is 7.98. The van der Waals surface area contributed by atoms with Crippen molar-refractivity contribution in [3.05, 3.63) is 67.7 Å². The lowest BCUT2D eigenvalue weighted by Gasteiger charge is -2.47. The monoisotopic (exact) mass is 455 g/mol. The van der Waals surface area contributed by atoms with Crippen LogP contribution in [-0.2, 0) is 17.8 Å². The lowest BCUT2D eigenvalue weighted by atomic mass is 9.66. The summed E-state index contributed by atoms with van der Waals surface area (Å²) in [6, 6.07) is 4.60. The maximum Gasteiger partial charge on any atom is 0.257 e. The van der Waals surface area contributed by atoms with E-state index in [-0.39, 0.29) is 35.8 Å². The molecule has 9 heteroatoms. The molecule has 1 amide bonds. The van der Waals surface area contributed by atoms with E-state index in [0.717, 1.165) is 5.56 Å². The number of aromatic nitrogens is 1. The van der Waals surface area contributed by atoms with Gasteiger partial charge in [-0.05, 0) is 49.9 Å². The number of carbonyl (C=O) groups excluding carboxylic acids is 2. The van der Waals surface area contributed by atoms with Gasteiger partial charge in [0, 0.05) is 18.3 Å². The third-order valence-electron chi connectivity index (χ3n) is 6.91. The Balaban J connectivity index is 1.73. The number of amides is 1. The molecule has 4 rings (SSSR count). The first-order chi connectivity index (χ1) is 15.5. The van der Waals surface area contributed by atoms with Crippen molar-refractivity contribution in [3.63, 3.8) is 0 Å². The number of hydrogen-bond donors (Lipinski definition) is 1. The summed E-state index contributed by atoms with van der Waals surface area (Å²) in [5.41, 5.74) is -2.81. The molecule has 1 spiro atoms. The van der Waals surface area contributed by atoms with Gasteiger partial charge < -0.3 is 14.6 Å². The first kappa shape index (κ1) is 23.0. The minimum atomic E-state index is -0.990. The van der Waals surface area contributed by atoms with E-state index in [9.17, 15) is 23.7 Å². The fourth-order valence-corrected chi connectivity index (χ4v) is 4.83. The molecule has 33 heavy (non-hydrogen) atoms. The van der Waals surface area contributed by atoms with Crippen molar-refractivity contribution in [1.29, 1.82) is 0 Å². The Morgan fingerprint density at radius 2 is 2.06 bits per heavy atom.